The van der Waals surface area contributed by atoms with Gasteiger partial charge in [-0.3, -0.25) is 19.2 Å². The predicted octanol–water partition coefficient (Wildman–Crippen LogP) is 3.49. The highest BCUT2D eigenvalue weighted by molar-refractivity contribution is 6.35. The number of aliphatic carboxylic acids is 1. The third-order valence-electron chi connectivity index (χ3n) is 5.82. The lowest BCUT2D eigenvalue weighted by molar-refractivity contribution is -0.141. The molecular weight excluding hydrogens is 577 g/mol. The first-order chi connectivity index (χ1) is 19.4. The summed E-state index contributed by atoms with van der Waals surface area (Å²) < 4.78 is 10.5. The van der Waals surface area contributed by atoms with Gasteiger partial charge in [-0.25, -0.2) is 4.79 Å². The third-order valence-corrected chi connectivity index (χ3v) is 6.53. The van der Waals surface area contributed by atoms with Crippen molar-refractivity contribution in [2.75, 3.05) is 6.61 Å². The Hall–Kier alpha value is -3.67. The number of carbonyl (C=O) groups is 5. The Balaban J connectivity index is 1.93. The minimum Gasteiger partial charge on any atom is -0.481 e. The first-order valence-electron chi connectivity index (χ1n) is 12.7. The number of carbonyl (C=O) groups excluding carboxylic acids is 4. The van der Waals surface area contributed by atoms with E-state index < -0.39 is 60.8 Å². The fourth-order valence-corrected chi connectivity index (χ4v) is 4.04. The van der Waals surface area contributed by atoms with Gasteiger partial charge in [0.2, 0.25) is 11.8 Å². The van der Waals surface area contributed by atoms with Crippen molar-refractivity contribution >= 4 is 52.9 Å². The summed E-state index contributed by atoms with van der Waals surface area (Å²) in [6, 6.07) is 10.2. The monoisotopic (exact) mass is 609 g/mol. The van der Waals surface area contributed by atoms with Gasteiger partial charge in [0.15, 0.2) is 5.78 Å². The van der Waals surface area contributed by atoms with Gasteiger partial charge in [0, 0.05) is 15.6 Å². The van der Waals surface area contributed by atoms with Crippen molar-refractivity contribution in [3.05, 3.63) is 69.7 Å². The van der Waals surface area contributed by atoms with E-state index in [1.165, 1.54) is 6.92 Å². The van der Waals surface area contributed by atoms with Crippen molar-refractivity contribution in [2.45, 2.75) is 58.5 Å². The third kappa shape index (κ3) is 11.4. The molecule has 11 nitrogen and oxygen atoms in total. The summed E-state index contributed by atoms with van der Waals surface area (Å²) in [5.74, 6) is -3.86. The Morgan fingerprint density at radius 3 is 2.05 bits per heavy atom. The van der Waals surface area contributed by atoms with Crippen LogP contribution in [-0.4, -0.2) is 59.5 Å². The second kappa shape index (κ2) is 16.6. The van der Waals surface area contributed by atoms with Crippen LogP contribution in [0.5, 0.6) is 0 Å². The maximum absolute atomic E-state index is 12.9. The van der Waals surface area contributed by atoms with Crippen LogP contribution in [0.25, 0.3) is 0 Å². The van der Waals surface area contributed by atoms with E-state index in [0.29, 0.717) is 15.6 Å². The molecule has 3 atom stereocenters. The maximum atomic E-state index is 12.9. The quantitative estimate of drug-likeness (QED) is 0.239. The molecule has 0 aliphatic heterocycles. The number of rotatable bonds is 15. The summed E-state index contributed by atoms with van der Waals surface area (Å²) in [5, 5.41) is 17.2. The molecule has 13 heteroatoms. The molecule has 0 aliphatic rings. The number of ketones is 1. The first kappa shape index (κ1) is 33.5. The van der Waals surface area contributed by atoms with Gasteiger partial charge in [-0.1, -0.05) is 73.4 Å². The number of benzene rings is 2. The van der Waals surface area contributed by atoms with E-state index >= 15 is 0 Å². The number of Topliss-reactive ketones (excluding diaryl/α,β-unsaturated/α-hetero) is 1. The van der Waals surface area contributed by atoms with E-state index in [1.807, 2.05) is 6.07 Å². The normalized spacial score (nSPS) is 13.0. The van der Waals surface area contributed by atoms with Gasteiger partial charge >= 0.3 is 12.1 Å². The van der Waals surface area contributed by atoms with Gasteiger partial charge < -0.3 is 30.5 Å². The van der Waals surface area contributed by atoms with Gasteiger partial charge in [0.05, 0.1) is 13.0 Å². The van der Waals surface area contributed by atoms with Crippen molar-refractivity contribution in [1.82, 2.24) is 16.0 Å². The molecule has 41 heavy (non-hydrogen) atoms. The van der Waals surface area contributed by atoms with Crippen molar-refractivity contribution in [2.24, 2.45) is 5.92 Å². The fraction of sp³-hybridized carbons (Fsp3) is 0.393. The molecule has 0 radical (unpaired) electrons. The van der Waals surface area contributed by atoms with E-state index in [4.69, 9.17) is 32.7 Å². The first-order valence-corrected chi connectivity index (χ1v) is 13.5. The Kier molecular flexibility index (Phi) is 13.5. The van der Waals surface area contributed by atoms with Gasteiger partial charge in [-0.15, -0.1) is 0 Å². The molecule has 2 aromatic carbocycles. The molecule has 2 rings (SSSR count). The minimum atomic E-state index is -1.42. The number of hydrogen-bond donors (Lipinski definition) is 4. The zero-order chi connectivity index (χ0) is 30.5. The number of alkyl carbamates (subject to hydrolysis) is 1. The standard InChI is InChI=1S/C28H33Cl2N3O8/c1-16(2)25(33-28(39)41-13-18-8-5-4-6-9-18)27(38)31-17(3)26(37)32-22(12-24(35)36)23(34)15-40-14-19-20(29)10-7-11-21(19)30/h4-11,16-17,22,25H,12-15H2,1-3H3,(H,31,38)(H,32,37)(H,33,39)(H,35,36)/t17-,22?,25-/m0/s1. The molecule has 0 spiro atoms. The van der Waals surface area contributed by atoms with Crippen LogP contribution in [0.4, 0.5) is 4.79 Å². The van der Waals surface area contributed by atoms with Gasteiger partial charge in [-0.05, 0) is 30.5 Å². The van der Waals surface area contributed by atoms with E-state index in [-0.39, 0.29) is 19.1 Å². The average Bonchev–Trinajstić information content (AvgIpc) is 2.91. The molecule has 0 saturated heterocycles. The highest BCUT2D eigenvalue weighted by atomic mass is 35.5. The number of nitrogens with one attached hydrogen (secondary N) is 3. The lowest BCUT2D eigenvalue weighted by Crippen LogP contribution is -2.56. The zero-order valence-corrected chi connectivity index (χ0v) is 24.3. The molecule has 0 aromatic heterocycles. The van der Waals surface area contributed by atoms with E-state index in [1.54, 1.807) is 56.3 Å². The summed E-state index contributed by atoms with van der Waals surface area (Å²) in [7, 11) is 0. The Labute approximate surface area is 247 Å². The minimum absolute atomic E-state index is 0.00600. The smallest absolute Gasteiger partial charge is 0.408 e. The van der Waals surface area contributed by atoms with E-state index in [9.17, 15) is 29.1 Å². The van der Waals surface area contributed by atoms with Crippen LogP contribution in [0.2, 0.25) is 10.0 Å². The Morgan fingerprint density at radius 2 is 1.46 bits per heavy atom. The lowest BCUT2D eigenvalue weighted by atomic mass is 10.0. The summed E-state index contributed by atoms with van der Waals surface area (Å²) in [6.07, 6.45) is -1.52. The summed E-state index contributed by atoms with van der Waals surface area (Å²) in [5.41, 5.74) is 1.22. The van der Waals surface area contributed by atoms with Crippen LogP contribution < -0.4 is 16.0 Å². The van der Waals surface area contributed by atoms with Crippen molar-refractivity contribution in [3.8, 4) is 0 Å². The van der Waals surface area contributed by atoms with Crippen LogP contribution in [0.15, 0.2) is 48.5 Å². The van der Waals surface area contributed by atoms with Crippen molar-refractivity contribution < 1.29 is 38.6 Å². The number of hydrogen-bond acceptors (Lipinski definition) is 7. The van der Waals surface area contributed by atoms with Crippen LogP contribution in [0, 0.1) is 5.92 Å². The average molecular weight is 610 g/mol. The number of ether oxygens (including phenoxy) is 2. The Bertz CT molecular complexity index is 1210. The molecule has 0 saturated carbocycles. The molecule has 0 heterocycles. The molecule has 0 bridgehead atoms. The van der Waals surface area contributed by atoms with Gasteiger partial charge in [-0.2, -0.15) is 0 Å². The van der Waals surface area contributed by atoms with Gasteiger partial charge in [0.25, 0.3) is 0 Å². The number of carboxylic acid groups (broad SMARTS) is 1. The fourth-order valence-electron chi connectivity index (χ4n) is 3.54. The molecule has 2 aromatic rings. The van der Waals surface area contributed by atoms with Crippen molar-refractivity contribution in [3.63, 3.8) is 0 Å². The van der Waals surface area contributed by atoms with Crippen LogP contribution in [0.3, 0.4) is 0 Å². The van der Waals surface area contributed by atoms with Gasteiger partial charge in [0.1, 0.15) is 31.3 Å². The molecular formula is C28H33Cl2N3O8. The topological polar surface area (TPSA) is 160 Å². The maximum Gasteiger partial charge on any atom is 0.408 e. The summed E-state index contributed by atoms with van der Waals surface area (Å²) in [4.78, 5) is 62.0. The summed E-state index contributed by atoms with van der Waals surface area (Å²) >= 11 is 12.2. The number of amides is 3. The number of carboxylic acids is 1. The van der Waals surface area contributed by atoms with E-state index in [2.05, 4.69) is 16.0 Å². The van der Waals surface area contributed by atoms with Crippen LogP contribution in [0.1, 0.15) is 38.3 Å². The highest BCUT2D eigenvalue weighted by Gasteiger charge is 2.30. The van der Waals surface area contributed by atoms with Crippen LogP contribution >= 0.6 is 23.2 Å². The molecule has 0 fully saturated rings. The van der Waals surface area contributed by atoms with E-state index in [0.717, 1.165) is 5.56 Å². The van der Waals surface area contributed by atoms with Crippen LogP contribution in [-0.2, 0) is 41.9 Å². The molecule has 0 aliphatic carbocycles. The molecule has 222 valence electrons. The van der Waals surface area contributed by atoms with Crippen molar-refractivity contribution in [1.29, 1.82) is 0 Å². The largest absolute Gasteiger partial charge is 0.481 e. The Morgan fingerprint density at radius 1 is 0.829 bits per heavy atom. The highest BCUT2D eigenvalue weighted by Crippen LogP contribution is 2.24. The molecule has 4 N–H and O–H groups in total. The second-order valence-corrected chi connectivity index (χ2v) is 10.3. The SMILES string of the molecule is CC(C)[C@H](NC(=O)OCc1ccccc1)C(=O)N[C@@H](C)C(=O)NC(CC(=O)O)C(=O)COCc1c(Cl)cccc1Cl. The second-order valence-electron chi connectivity index (χ2n) is 9.48. The summed E-state index contributed by atoms with van der Waals surface area (Å²) in [6.45, 7) is 4.13. The number of halogens is 2. The predicted molar refractivity (Wildman–Crippen MR) is 151 cm³/mol. The zero-order valence-electron chi connectivity index (χ0n) is 22.8. The lowest BCUT2D eigenvalue weighted by Gasteiger charge is -2.24. The molecule has 3 amide bonds. The molecule has 1 unspecified atom stereocenters.